The molecule has 0 aromatic carbocycles. The van der Waals surface area contributed by atoms with Gasteiger partial charge in [-0.1, -0.05) is 12.8 Å². The van der Waals surface area contributed by atoms with Crippen LogP contribution in [0.1, 0.15) is 31.5 Å². The third kappa shape index (κ3) is 2.84. The summed E-state index contributed by atoms with van der Waals surface area (Å²) in [6, 6.07) is 0.584. The minimum atomic E-state index is 0.584. The fourth-order valence-corrected chi connectivity index (χ4v) is 3.63. The number of nitrogens with zero attached hydrogens (tertiary/aromatic N) is 2. The van der Waals surface area contributed by atoms with E-state index >= 15 is 0 Å². The zero-order valence-electron chi connectivity index (χ0n) is 9.19. The van der Waals surface area contributed by atoms with E-state index in [-0.39, 0.29) is 0 Å². The summed E-state index contributed by atoms with van der Waals surface area (Å²) in [6.07, 6.45) is 7.52. The van der Waals surface area contributed by atoms with E-state index in [0.29, 0.717) is 6.04 Å². The molecular formula is C10H17N3S2. The molecule has 84 valence electrons. The molecule has 0 spiro atoms. The standard InChI is InChI=1S/C10H17N3S2/c1-7-11-10(15-13-7)12-8-5-3-4-6-9(8)14-2/h8-9H,3-6H2,1-2H3,(H,11,12,13). The summed E-state index contributed by atoms with van der Waals surface area (Å²) in [5.41, 5.74) is 0. The van der Waals surface area contributed by atoms with Crippen LogP contribution in [0.25, 0.3) is 0 Å². The maximum Gasteiger partial charge on any atom is 0.202 e. The van der Waals surface area contributed by atoms with Crippen molar-refractivity contribution in [1.29, 1.82) is 0 Å². The van der Waals surface area contributed by atoms with E-state index in [1.54, 1.807) is 0 Å². The number of hydrogen-bond donors (Lipinski definition) is 1. The van der Waals surface area contributed by atoms with Crippen LogP contribution in [0.2, 0.25) is 0 Å². The van der Waals surface area contributed by atoms with Crippen LogP contribution in [0.3, 0.4) is 0 Å². The van der Waals surface area contributed by atoms with Crippen molar-refractivity contribution in [2.45, 2.75) is 43.9 Å². The van der Waals surface area contributed by atoms with Gasteiger partial charge >= 0.3 is 0 Å². The van der Waals surface area contributed by atoms with Gasteiger partial charge < -0.3 is 5.32 Å². The molecule has 1 aliphatic rings. The van der Waals surface area contributed by atoms with E-state index in [2.05, 4.69) is 20.9 Å². The average Bonchev–Trinajstić information content (AvgIpc) is 2.65. The van der Waals surface area contributed by atoms with Crippen molar-refractivity contribution < 1.29 is 0 Å². The Hall–Kier alpha value is -0.290. The van der Waals surface area contributed by atoms with Crippen molar-refractivity contribution in [3.63, 3.8) is 0 Å². The van der Waals surface area contributed by atoms with Gasteiger partial charge in [0.25, 0.3) is 0 Å². The minimum absolute atomic E-state index is 0.584. The summed E-state index contributed by atoms with van der Waals surface area (Å²) in [7, 11) is 0. The molecule has 1 aliphatic carbocycles. The monoisotopic (exact) mass is 243 g/mol. The van der Waals surface area contributed by atoms with Crippen LogP contribution in [0.4, 0.5) is 5.13 Å². The lowest BCUT2D eigenvalue weighted by Gasteiger charge is -2.30. The number of nitrogens with one attached hydrogen (secondary N) is 1. The van der Waals surface area contributed by atoms with Crippen LogP contribution < -0.4 is 5.32 Å². The molecule has 0 bridgehead atoms. The summed E-state index contributed by atoms with van der Waals surface area (Å²) < 4.78 is 4.19. The Kier molecular flexibility index (Phi) is 3.86. The molecule has 0 radical (unpaired) electrons. The normalized spacial score (nSPS) is 26.5. The largest absolute Gasteiger partial charge is 0.356 e. The molecule has 3 nitrogen and oxygen atoms in total. The van der Waals surface area contributed by atoms with Gasteiger partial charge in [-0.3, -0.25) is 0 Å². The molecule has 0 saturated heterocycles. The summed E-state index contributed by atoms with van der Waals surface area (Å²) in [5, 5.41) is 5.25. The van der Waals surface area contributed by atoms with Crippen LogP contribution in [0, 0.1) is 6.92 Å². The Bertz CT molecular complexity index is 313. The second kappa shape index (κ2) is 5.16. The van der Waals surface area contributed by atoms with Gasteiger partial charge in [0, 0.05) is 22.8 Å². The average molecular weight is 243 g/mol. The smallest absolute Gasteiger partial charge is 0.202 e. The maximum absolute atomic E-state index is 4.36. The summed E-state index contributed by atoms with van der Waals surface area (Å²) >= 11 is 3.45. The van der Waals surface area contributed by atoms with Gasteiger partial charge in [0.05, 0.1) is 0 Å². The molecule has 0 amide bonds. The van der Waals surface area contributed by atoms with Gasteiger partial charge in [-0.05, 0) is 26.0 Å². The van der Waals surface area contributed by atoms with Gasteiger partial charge in [0.1, 0.15) is 5.82 Å². The van der Waals surface area contributed by atoms with Gasteiger partial charge in [-0.2, -0.15) is 16.1 Å². The van der Waals surface area contributed by atoms with Gasteiger partial charge in [0.2, 0.25) is 5.13 Å². The fraction of sp³-hybridized carbons (Fsp3) is 0.800. The zero-order chi connectivity index (χ0) is 10.7. The first-order valence-electron chi connectivity index (χ1n) is 5.39. The van der Waals surface area contributed by atoms with Gasteiger partial charge in [-0.25, -0.2) is 4.98 Å². The van der Waals surface area contributed by atoms with E-state index in [0.717, 1.165) is 16.2 Å². The topological polar surface area (TPSA) is 37.8 Å². The second-order valence-electron chi connectivity index (χ2n) is 3.96. The first kappa shape index (κ1) is 11.2. The molecule has 2 rings (SSSR count). The van der Waals surface area contributed by atoms with Crippen molar-refractivity contribution in [1.82, 2.24) is 9.36 Å². The molecule has 1 heterocycles. The van der Waals surface area contributed by atoms with Crippen LogP contribution >= 0.6 is 23.3 Å². The Balaban J connectivity index is 1.97. The molecule has 5 heteroatoms. The van der Waals surface area contributed by atoms with Crippen LogP contribution in [-0.2, 0) is 0 Å². The van der Waals surface area contributed by atoms with E-state index in [1.807, 2.05) is 18.7 Å². The van der Waals surface area contributed by atoms with Crippen molar-refractivity contribution >= 4 is 28.4 Å². The highest BCUT2D eigenvalue weighted by Gasteiger charge is 2.24. The lowest BCUT2D eigenvalue weighted by molar-refractivity contribution is 0.475. The highest BCUT2D eigenvalue weighted by Crippen LogP contribution is 2.29. The van der Waals surface area contributed by atoms with E-state index in [1.165, 1.54) is 37.2 Å². The number of anilines is 1. The fourth-order valence-electron chi connectivity index (χ4n) is 2.06. The third-order valence-electron chi connectivity index (χ3n) is 2.84. The SMILES string of the molecule is CSC1CCCCC1Nc1nc(C)ns1. The highest BCUT2D eigenvalue weighted by atomic mass is 32.2. The first-order chi connectivity index (χ1) is 7.29. The number of aryl methyl sites for hydroxylation is 1. The molecule has 1 saturated carbocycles. The molecule has 1 aromatic rings. The van der Waals surface area contributed by atoms with E-state index in [4.69, 9.17) is 0 Å². The molecule has 1 N–H and O–H groups in total. The van der Waals surface area contributed by atoms with Crippen LogP contribution in [-0.4, -0.2) is 26.9 Å². The molecule has 15 heavy (non-hydrogen) atoms. The van der Waals surface area contributed by atoms with Gasteiger partial charge in [0.15, 0.2) is 0 Å². The van der Waals surface area contributed by atoms with Crippen LogP contribution in [0.15, 0.2) is 0 Å². The Labute approximate surface area is 99.2 Å². The predicted octanol–water partition coefficient (Wildman–Crippen LogP) is 2.93. The molecule has 2 unspecified atom stereocenters. The lowest BCUT2D eigenvalue weighted by Crippen LogP contribution is -2.34. The van der Waals surface area contributed by atoms with E-state index in [9.17, 15) is 0 Å². The molecule has 1 aromatic heterocycles. The first-order valence-corrected chi connectivity index (χ1v) is 7.45. The predicted molar refractivity (Wildman–Crippen MR) is 67.8 cm³/mol. The second-order valence-corrected chi connectivity index (χ2v) is 5.78. The summed E-state index contributed by atoms with van der Waals surface area (Å²) in [5.74, 6) is 0.874. The van der Waals surface area contributed by atoms with Crippen molar-refractivity contribution in [2.24, 2.45) is 0 Å². The van der Waals surface area contributed by atoms with Crippen LogP contribution in [0.5, 0.6) is 0 Å². The quantitative estimate of drug-likeness (QED) is 0.886. The highest BCUT2D eigenvalue weighted by molar-refractivity contribution is 7.99. The number of rotatable bonds is 3. The summed E-state index contributed by atoms with van der Waals surface area (Å²) in [6.45, 7) is 1.94. The Morgan fingerprint density at radius 2 is 2.20 bits per heavy atom. The Morgan fingerprint density at radius 1 is 1.40 bits per heavy atom. The number of aromatic nitrogens is 2. The Morgan fingerprint density at radius 3 is 2.87 bits per heavy atom. The molecule has 0 aliphatic heterocycles. The minimum Gasteiger partial charge on any atom is -0.356 e. The zero-order valence-corrected chi connectivity index (χ0v) is 10.8. The van der Waals surface area contributed by atoms with Crippen molar-refractivity contribution in [3.8, 4) is 0 Å². The van der Waals surface area contributed by atoms with Crippen molar-refractivity contribution in [3.05, 3.63) is 5.82 Å². The maximum atomic E-state index is 4.36. The number of thioether (sulfide) groups is 1. The lowest BCUT2D eigenvalue weighted by atomic mass is 9.95. The molecule has 1 fully saturated rings. The molecular weight excluding hydrogens is 226 g/mol. The van der Waals surface area contributed by atoms with Gasteiger partial charge in [-0.15, -0.1) is 0 Å². The van der Waals surface area contributed by atoms with Crippen molar-refractivity contribution in [2.75, 3.05) is 11.6 Å². The summed E-state index contributed by atoms with van der Waals surface area (Å²) in [4.78, 5) is 4.36. The number of hydrogen-bond acceptors (Lipinski definition) is 5. The molecule has 2 atom stereocenters. The third-order valence-corrected chi connectivity index (χ3v) is 4.75. The van der Waals surface area contributed by atoms with E-state index < -0.39 is 0 Å².